The molecule has 0 bridgehead atoms. The summed E-state index contributed by atoms with van der Waals surface area (Å²) < 4.78 is 0. The number of carbonyl (C=O) groups is 4. The molecule has 0 spiro atoms. The van der Waals surface area contributed by atoms with Crippen molar-refractivity contribution in [1.29, 1.82) is 0 Å². The lowest BCUT2D eigenvalue weighted by Gasteiger charge is -2.26. The van der Waals surface area contributed by atoms with Gasteiger partial charge in [0.25, 0.3) is 0 Å². The first-order valence-electron chi connectivity index (χ1n) is 9.13. The van der Waals surface area contributed by atoms with E-state index in [-0.39, 0.29) is 12.3 Å². The fourth-order valence-corrected chi connectivity index (χ4v) is 2.65. The third-order valence-electron chi connectivity index (χ3n) is 4.12. The lowest BCUT2D eigenvalue weighted by Crippen LogP contribution is -2.60. The Morgan fingerprint density at radius 1 is 0.966 bits per heavy atom. The average molecular weight is 437 g/mol. The molecule has 0 aromatic rings. The number of amides is 3. The summed E-state index contributed by atoms with van der Waals surface area (Å²) in [6.07, 6.45) is 0.634. The van der Waals surface area contributed by atoms with Gasteiger partial charge in [0, 0.05) is 0 Å². The topological polar surface area (TPSA) is 191 Å². The third-order valence-corrected chi connectivity index (χ3v) is 4.77. The Morgan fingerprint density at radius 3 is 1.93 bits per heavy atom. The maximum Gasteiger partial charge on any atom is 0.326 e. The Hall–Kier alpha value is -1.89. The Morgan fingerprint density at radius 2 is 1.52 bits per heavy atom. The molecule has 5 atom stereocenters. The van der Waals surface area contributed by atoms with Gasteiger partial charge >= 0.3 is 5.97 Å². The molecule has 29 heavy (non-hydrogen) atoms. The summed E-state index contributed by atoms with van der Waals surface area (Å²) in [5, 5.41) is 35.2. The predicted molar refractivity (Wildman–Crippen MR) is 108 cm³/mol. The summed E-state index contributed by atoms with van der Waals surface area (Å²) in [6, 6.07) is -4.97. The summed E-state index contributed by atoms with van der Waals surface area (Å²) in [7, 11) is 0. The van der Waals surface area contributed by atoms with E-state index in [1.54, 1.807) is 20.1 Å². The molecular formula is C17H32N4O7S. The lowest BCUT2D eigenvalue weighted by atomic mass is 10.0. The van der Waals surface area contributed by atoms with Crippen LogP contribution < -0.4 is 21.7 Å². The van der Waals surface area contributed by atoms with Crippen molar-refractivity contribution in [2.45, 2.75) is 57.5 Å². The molecular weight excluding hydrogens is 404 g/mol. The van der Waals surface area contributed by atoms with Crippen LogP contribution in [0.4, 0.5) is 0 Å². The normalized spacial score (nSPS) is 16.3. The number of carbonyl (C=O) groups excluding carboxylic acids is 3. The monoisotopic (exact) mass is 436 g/mol. The molecule has 168 valence electrons. The zero-order valence-electron chi connectivity index (χ0n) is 17.0. The second-order valence-corrected chi connectivity index (χ2v) is 7.91. The Bertz CT molecular complexity index is 574. The highest BCUT2D eigenvalue weighted by atomic mass is 32.2. The first kappa shape index (κ1) is 27.1. The van der Waals surface area contributed by atoms with Gasteiger partial charge in [0.1, 0.15) is 18.1 Å². The van der Waals surface area contributed by atoms with E-state index in [2.05, 4.69) is 16.0 Å². The maximum atomic E-state index is 12.4. The number of thioether (sulfide) groups is 1. The van der Waals surface area contributed by atoms with Gasteiger partial charge in [-0.05, 0) is 31.3 Å². The van der Waals surface area contributed by atoms with Crippen LogP contribution in [0.15, 0.2) is 0 Å². The van der Waals surface area contributed by atoms with E-state index in [4.69, 9.17) is 5.73 Å². The Kier molecular flexibility index (Phi) is 12.5. The smallest absolute Gasteiger partial charge is 0.326 e. The van der Waals surface area contributed by atoms with E-state index in [1.807, 2.05) is 0 Å². The molecule has 11 nitrogen and oxygen atoms in total. The fraction of sp³-hybridized carbons (Fsp3) is 0.765. The average Bonchev–Trinajstić information content (AvgIpc) is 2.65. The van der Waals surface area contributed by atoms with Crippen molar-refractivity contribution >= 4 is 35.5 Å². The summed E-state index contributed by atoms with van der Waals surface area (Å²) in [5.74, 6) is -3.45. The van der Waals surface area contributed by atoms with Gasteiger partial charge in [-0.1, -0.05) is 13.8 Å². The van der Waals surface area contributed by atoms with Gasteiger partial charge in [0.05, 0.1) is 18.8 Å². The quantitative estimate of drug-likeness (QED) is 0.165. The number of hydrogen-bond acceptors (Lipinski definition) is 8. The number of nitrogens with one attached hydrogen (secondary N) is 3. The number of aliphatic carboxylic acids is 1. The van der Waals surface area contributed by atoms with Crippen LogP contribution in [-0.4, -0.2) is 87.9 Å². The molecule has 5 unspecified atom stereocenters. The van der Waals surface area contributed by atoms with Crippen molar-refractivity contribution in [2.75, 3.05) is 18.6 Å². The van der Waals surface area contributed by atoms with Gasteiger partial charge in [-0.3, -0.25) is 14.4 Å². The number of rotatable bonds is 13. The summed E-state index contributed by atoms with van der Waals surface area (Å²) in [6.45, 7) is 3.88. The zero-order valence-corrected chi connectivity index (χ0v) is 17.9. The molecule has 0 heterocycles. The Labute approximate surface area is 174 Å². The standard InChI is InChI=1S/C17H32N4O7S/c1-8(2)12(18)15(25)21-13(9(3)23)16(26)20-11(7-22)14(24)19-10(17(27)28)5-6-29-4/h8-13,22-23H,5-7,18H2,1-4H3,(H,19,24)(H,20,26)(H,21,25)(H,27,28). The largest absolute Gasteiger partial charge is 0.480 e. The van der Waals surface area contributed by atoms with E-state index in [0.29, 0.717) is 5.75 Å². The first-order valence-corrected chi connectivity index (χ1v) is 10.5. The molecule has 0 rings (SSSR count). The summed E-state index contributed by atoms with van der Waals surface area (Å²) in [5.41, 5.74) is 5.72. The van der Waals surface area contributed by atoms with Crippen LogP contribution in [0, 0.1) is 5.92 Å². The van der Waals surface area contributed by atoms with Crippen molar-refractivity contribution in [1.82, 2.24) is 16.0 Å². The van der Waals surface area contributed by atoms with Gasteiger partial charge in [-0.15, -0.1) is 0 Å². The molecule has 0 aliphatic rings. The van der Waals surface area contributed by atoms with Crippen molar-refractivity contribution in [3.05, 3.63) is 0 Å². The van der Waals surface area contributed by atoms with Crippen molar-refractivity contribution in [3.8, 4) is 0 Å². The molecule has 0 saturated carbocycles. The first-order chi connectivity index (χ1) is 13.5. The highest BCUT2D eigenvalue weighted by Crippen LogP contribution is 2.03. The van der Waals surface area contributed by atoms with Crippen molar-refractivity contribution < 1.29 is 34.5 Å². The van der Waals surface area contributed by atoms with E-state index in [9.17, 15) is 34.5 Å². The van der Waals surface area contributed by atoms with Crippen LogP contribution in [0.25, 0.3) is 0 Å². The van der Waals surface area contributed by atoms with E-state index >= 15 is 0 Å². The SMILES string of the molecule is CSCCC(NC(=O)C(CO)NC(=O)C(NC(=O)C(N)C(C)C)C(C)O)C(=O)O. The van der Waals surface area contributed by atoms with Gasteiger partial charge in [-0.2, -0.15) is 11.8 Å². The van der Waals surface area contributed by atoms with Gasteiger partial charge in [0.2, 0.25) is 17.7 Å². The minimum Gasteiger partial charge on any atom is -0.480 e. The summed E-state index contributed by atoms with van der Waals surface area (Å²) >= 11 is 1.40. The molecule has 0 saturated heterocycles. The van der Waals surface area contributed by atoms with Gasteiger partial charge in [-0.25, -0.2) is 4.79 Å². The van der Waals surface area contributed by atoms with Crippen LogP contribution in [0.5, 0.6) is 0 Å². The zero-order chi connectivity index (χ0) is 22.7. The molecule has 0 aliphatic carbocycles. The molecule has 0 aromatic heterocycles. The van der Waals surface area contributed by atoms with Crippen LogP contribution >= 0.6 is 11.8 Å². The van der Waals surface area contributed by atoms with Gasteiger partial charge < -0.3 is 37.0 Å². The molecule has 0 radical (unpaired) electrons. The maximum absolute atomic E-state index is 12.4. The van der Waals surface area contributed by atoms with Crippen LogP contribution in [-0.2, 0) is 19.2 Å². The van der Waals surface area contributed by atoms with E-state index < -0.39 is 60.6 Å². The Balaban J connectivity index is 5.12. The van der Waals surface area contributed by atoms with Crippen LogP contribution in [0.3, 0.4) is 0 Å². The molecule has 0 aliphatic heterocycles. The number of carboxylic acid groups (broad SMARTS) is 1. The van der Waals surface area contributed by atoms with Crippen molar-refractivity contribution in [3.63, 3.8) is 0 Å². The fourth-order valence-electron chi connectivity index (χ4n) is 2.18. The molecule has 0 aromatic carbocycles. The second-order valence-electron chi connectivity index (χ2n) is 6.92. The highest BCUT2D eigenvalue weighted by Gasteiger charge is 2.32. The molecule has 12 heteroatoms. The number of carboxylic acids is 1. The molecule has 0 fully saturated rings. The van der Waals surface area contributed by atoms with Crippen molar-refractivity contribution in [2.24, 2.45) is 11.7 Å². The van der Waals surface area contributed by atoms with E-state index in [0.717, 1.165) is 0 Å². The second kappa shape index (κ2) is 13.4. The van der Waals surface area contributed by atoms with Gasteiger partial charge in [0.15, 0.2) is 0 Å². The number of aliphatic hydroxyl groups excluding tert-OH is 2. The predicted octanol–water partition coefficient (Wildman–Crippen LogP) is -2.37. The van der Waals surface area contributed by atoms with Crippen LogP contribution in [0.2, 0.25) is 0 Å². The minimum atomic E-state index is -1.46. The number of aliphatic hydroxyl groups is 2. The number of nitrogens with two attached hydrogens (primary N) is 1. The van der Waals surface area contributed by atoms with Crippen LogP contribution in [0.1, 0.15) is 27.2 Å². The number of hydrogen-bond donors (Lipinski definition) is 7. The van der Waals surface area contributed by atoms with E-state index in [1.165, 1.54) is 18.7 Å². The molecule has 8 N–H and O–H groups in total. The third kappa shape index (κ3) is 9.43. The molecule has 3 amide bonds. The summed E-state index contributed by atoms with van der Waals surface area (Å²) in [4.78, 5) is 48.1. The minimum absolute atomic E-state index is 0.160. The highest BCUT2D eigenvalue weighted by molar-refractivity contribution is 7.98. The lowest BCUT2D eigenvalue weighted by molar-refractivity contribution is -0.142.